The maximum atomic E-state index is 6.14. The molecule has 5 heteroatoms. The van der Waals surface area contributed by atoms with Gasteiger partial charge in [0.2, 0.25) is 0 Å². The van der Waals surface area contributed by atoms with Gasteiger partial charge in [-0.05, 0) is 43.2 Å². The molecule has 110 valence electrons. The number of hydrogen-bond donors (Lipinski definition) is 0. The lowest BCUT2D eigenvalue weighted by Gasteiger charge is -2.35. The van der Waals surface area contributed by atoms with E-state index in [2.05, 4.69) is 16.4 Å². The number of hydrogen-bond acceptors (Lipinski definition) is 3. The predicted molar refractivity (Wildman–Crippen MR) is 92.0 cm³/mol. The molecule has 0 aromatic heterocycles. The van der Waals surface area contributed by atoms with Crippen molar-refractivity contribution in [2.24, 2.45) is 0 Å². The highest BCUT2D eigenvalue weighted by atomic mass is 35.5. The Morgan fingerprint density at radius 3 is 2.71 bits per heavy atom. The summed E-state index contributed by atoms with van der Waals surface area (Å²) in [6.45, 7) is 0. The van der Waals surface area contributed by atoms with Crippen LogP contribution in [0.2, 0.25) is 5.02 Å². The Morgan fingerprint density at radius 1 is 1.14 bits per heavy atom. The monoisotopic (exact) mass is 339 g/mol. The molecule has 1 atom stereocenters. The lowest BCUT2D eigenvalue weighted by molar-refractivity contribution is 0.273. The zero-order valence-electron chi connectivity index (χ0n) is 11.3. The number of nitrogens with zero attached hydrogens (tertiary/aromatic N) is 1. The van der Waals surface area contributed by atoms with E-state index in [9.17, 15) is 0 Å². The molecule has 0 saturated carbocycles. The number of alkyl halides is 1. The minimum Gasteiger partial charge on any atom is -0.476 e. The average Bonchev–Trinajstić information content (AvgIpc) is 2.53. The Bertz CT molecular complexity index is 608. The number of anilines is 2. The third kappa shape index (κ3) is 3.42. The molecule has 0 fully saturated rings. The molecule has 1 aliphatic heterocycles. The minimum absolute atomic E-state index is 0.0673. The van der Waals surface area contributed by atoms with Crippen molar-refractivity contribution in [2.75, 3.05) is 10.2 Å². The van der Waals surface area contributed by atoms with E-state index in [1.165, 1.54) is 0 Å². The van der Waals surface area contributed by atoms with Gasteiger partial charge in [-0.3, -0.25) is 4.31 Å². The molecule has 0 amide bonds. The summed E-state index contributed by atoms with van der Waals surface area (Å²) in [5, 5.41) is 0.707. The summed E-state index contributed by atoms with van der Waals surface area (Å²) in [4.78, 5) is 0. The third-order valence-electron chi connectivity index (χ3n) is 3.19. The van der Waals surface area contributed by atoms with Crippen molar-refractivity contribution in [3.05, 3.63) is 53.6 Å². The van der Waals surface area contributed by atoms with Crippen LogP contribution in [0.5, 0.6) is 5.75 Å². The molecule has 1 heterocycles. The van der Waals surface area contributed by atoms with Gasteiger partial charge in [-0.1, -0.05) is 29.8 Å². The molecule has 2 nitrogen and oxygen atoms in total. The first-order valence-electron chi connectivity index (χ1n) is 6.82. The first-order chi connectivity index (χ1) is 10.3. The van der Waals surface area contributed by atoms with Crippen LogP contribution >= 0.6 is 35.1 Å². The number of halogens is 2. The molecule has 21 heavy (non-hydrogen) atoms. The summed E-state index contributed by atoms with van der Waals surface area (Å²) in [7, 11) is 0. The fraction of sp³-hybridized carbons (Fsp3) is 0.250. The first kappa shape index (κ1) is 14.9. The van der Waals surface area contributed by atoms with Crippen LogP contribution in [0, 0.1) is 0 Å². The molecular formula is C16H15Cl2NOS. The molecule has 1 aliphatic rings. The van der Waals surface area contributed by atoms with E-state index in [-0.39, 0.29) is 5.44 Å². The van der Waals surface area contributed by atoms with Gasteiger partial charge in [-0.25, -0.2) is 0 Å². The quantitative estimate of drug-likeness (QED) is 0.511. The molecule has 0 spiro atoms. The zero-order valence-corrected chi connectivity index (χ0v) is 13.7. The van der Waals surface area contributed by atoms with Crippen LogP contribution in [0.15, 0.2) is 48.5 Å². The standard InChI is InChI=1S/C16H15Cl2NOS/c17-10-4-7-16-20-15-9-8-12(18)11-14(15)19(21-16)13-5-2-1-3-6-13/h1-3,5-6,8-9,11,16H,4,7,10H2. The molecule has 2 aromatic rings. The maximum absolute atomic E-state index is 6.14. The summed E-state index contributed by atoms with van der Waals surface area (Å²) >= 11 is 13.6. The van der Waals surface area contributed by atoms with Gasteiger partial charge in [0.15, 0.2) is 5.44 Å². The van der Waals surface area contributed by atoms with Crippen LogP contribution in [0.1, 0.15) is 12.8 Å². The number of benzene rings is 2. The average molecular weight is 340 g/mol. The molecule has 2 aromatic carbocycles. The number of rotatable bonds is 4. The fourth-order valence-electron chi connectivity index (χ4n) is 2.21. The second-order valence-electron chi connectivity index (χ2n) is 4.73. The van der Waals surface area contributed by atoms with Gasteiger partial charge in [0.25, 0.3) is 0 Å². The van der Waals surface area contributed by atoms with Gasteiger partial charge in [0.05, 0.1) is 11.4 Å². The van der Waals surface area contributed by atoms with Gasteiger partial charge >= 0.3 is 0 Å². The Balaban J connectivity index is 1.95. The van der Waals surface area contributed by atoms with Gasteiger partial charge in [-0.15, -0.1) is 11.6 Å². The molecular weight excluding hydrogens is 325 g/mol. The predicted octanol–water partition coefficient (Wildman–Crippen LogP) is 5.86. The normalized spacial score (nSPS) is 17.2. The van der Waals surface area contributed by atoms with E-state index in [0.717, 1.165) is 30.0 Å². The molecule has 0 saturated heterocycles. The summed E-state index contributed by atoms with van der Waals surface area (Å²) in [6, 6.07) is 16.0. The molecule has 0 bridgehead atoms. The Labute approximate surface area is 139 Å². The van der Waals surface area contributed by atoms with Gasteiger partial charge in [0, 0.05) is 22.9 Å². The van der Waals surface area contributed by atoms with Crippen LogP contribution in [0.4, 0.5) is 11.4 Å². The van der Waals surface area contributed by atoms with Crippen LogP contribution in [-0.2, 0) is 0 Å². The minimum atomic E-state index is 0.0673. The largest absolute Gasteiger partial charge is 0.476 e. The van der Waals surface area contributed by atoms with E-state index in [1.54, 1.807) is 11.9 Å². The number of ether oxygens (including phenoxy) is 1. The van der Waals surface area contributed by atoms with E-state index < -0.39 is 0 Å². The first-order valence-corrected chi connectivity index (χ1v) is 8.57. The highest BCUT2D eigenvalue weighted by Gasteiger charge is 2.27. The highest BCUT2D eigenvalue weighted by molar-refractivity contribution is 8.01. The molecule has 0 aliphatic carbocycles. The van der Waals surface area contributed by atoms with Crippen molar-refractivity contribution in [3.63, 3.8) is 0 Å². The van der Waals surface area contributed by atoms with Gasteiger partial charge in [-0.2, -0.15) is 0 Å². The summed E-state index contributed by atoms with van der Waals surface area (Å²) in [6.07, 6.45) is 1.85. The number of para-hydroxylation sites is 1. The summed E-state index contributed by atoms with van der Waals surface area (Å²) < 4.78 is 8.23. The summed E-state index contributed by atoms with van der Waals surface area (Å²) in [5.41, 5.74) is 2.17. The molecule has 3 rings (SSSR count). The SMILES string of the molecule is ClCCCC1Oc2ccc(Cl)cc2N(c2ccccc2)S1. The molecule has 0 radical (unpaired) electrons. The fourth-order valence-corrected chi connectivity index (χ4v) is 3.68. The molecule has 0 N–H and O–H groups in total. The van der Waals surface area contributed by atoms with Gasteiger partial charge < -0.3 is 4.74 Å². The second kappa shape index (κ2) is 6.82. The van der Waals surface area contributed by atoms with Crippen molar-refractivity contribution in [3.8, 4) is 5.75 Å². The molecule has 1 unspecified atom stereocenters. The van der Waals surface area contributed by atoms with Crippen molar-refractivity contribution < 1.29 is 4.74 Å². The smallest absolute Gasteiger partial charge is 0.163 e. The van der Waals surface area contributed by atoms with Crippen LogP contribution in [0.25, 0.3) is 0 Å². The third-order valence-corrected chi connectivity index (χ3v) is 4.87. The van der Waals surface area contributed by atoms with E-state index >= 15 is 0 Å². The van der Waals surface area contributed by atoms with Crippen molar-refractivity contribution in [1.82, 2.24) is 0 Å². The van der Waals surface area contributed by atoms with Crippen molar-refractivity contribution in [2.45, 2.75) is 18.3 Å². The lowest BCUT2D eigenvalue weighted by Crippen LogP contribution is -2.25. The lowest BCUT2D eigenvalue weighted by atomic mass is 10.2. The van der Waals surface area contributed by atoms with E-state index in [1.807, 2.05) is 36.4 Å². The topological polar surface area (TPSA) is 12.5 Å². The Kier molecular flexibility index (Phi) is 4.84. The number of fused-ring (bicyclic) bond motifs is 1. The zero-order chi connectivity index (χ0) is 14.7. The van der Waals surface area contributed by atoms with Crippen molar-refractivity contribution in [1.29, 1.82) is 0 Å². The maximum Gasteiger partial charge on any atom is 0.163 e. The van der Waals surface area contributed by atoms with E-state index in [0.29, 0.717) is 10.9 Å². The summed E-state index contributed by atoms with van der Waals surface area (Å²) in [5.74, 6) is 1.51. The van der Waals surface area contributed by atoms with Crippen LogP contribution in [-0.4, -0.2) is 11.3 Å². The van der Waals surface area contributed by atoms with Crippen LogP contribution < -0.4 is 9.04 Å². The Morgan fingerprint density at radius 2 is 1.95 bits per heavy atom. The highest BCUT2D eigenvalue weighted by Crippen LogP contribution is 2.47. The Hall–Kier alpha value is -1.03. The second-order valence-corrected chi connectivity index (χ2v) is 6.64. The van der Waals surface area contributed by atoms with E-state index in [4.69, 9.17) is 27.9 Å². The van der Waals surface area contributed by atoms with Crippen LogP contribution in [0.3, 0.4) is 0 Å². The van der Waals surface area contributed by atoms with Gasteiger partial charge in [0.1, 0.15) is 5.75 Å². The van der Waals surface area contributed by atoms with Crippen molar-refractivity contribution >= 4 is 46.5 Å².